The van der Waals surface area contributed by atoms with Gasteiger partial charge < -0.3 is 14.4 Å². The molecular weight excluding hydrogens is 520 g/mol. The average Bonchev–Trinajstić information content (AvgIpc) is 3.78. The first kappa shape index (κ1) is 26.7. The number of aromatic nitrogens is 4. The lowest BCUT2D eigenvalue weighted by molar-refractivity contribution is -0.143. The minimum atomic E-state index is 0.0994. The third-order valence-corrected chi connectivity index (χ3v) is 8.92. The Kier molecular flexibility index (Phi) is 7.74. The van der Waals surface area contributed by atoms with Crippen molar-refractivity contribution in [2.45, 2.75) is 63.7 Å². The first-order valence-electron chi connectivity index (χ1n) is 14.4. The van der Waals surface area contributed by atoms with Crippen molar-refractivity contribution >= 4 is 45.6 Å². The number of amides is 2. The summed E-state index contributed by atoms with van der Waals surface area (Å²) in [6.45, 7) is 6.81. The summed E-state index contributed by atoms with van der Waals surface area (Å²) in [7, 11) is 0. The zero-order valence-corrected chi connectivity index (χ0v) is 24.1. The number of piperazine rings is 1. The highest BCUT2D eigenvalue weighted by Crippen LogP contribution is 2.32. The van der Waals surface area contributed by atoms with Crippen LogP contribution in [0.1, 0.15) is 50.2 Å². The summed E-state index contributed by atoms with van der Waals surface area (Å²) in [6.07, 6.45) is 4.31. The monoisotopic (exact) mass is 556 g/mol. The van der Waals surface area contributed by atoms with Crippen LogP contribution >= 0.6 is 11.8 Å². The van der Waals surface area contributed by atoms with Crippen molar-refractivity contribution in [3.8, 4) is 0 Å². The summed E-state index contributed by atoms with van der Waals surface area (Å²) in [6, 6.07) is 16.9. The Morgan fingerprint density at radius 1 is 1.02 bits per heavy atom. The van der Waals surface area contributed by atoms with Gasteiger partial charge >= 0.3 is 0 Å². The lowest BCUT2D eigenvalue weighted by Gasteiger charge is -2.40. The number of rotatable bonds is 9. The summed E-state index contributed by atoms with van der Waals surface area (Å²) in [5, 5.41) is 10.8. The van der Waals surface area contributed by atoms with Gasteiger partial charge in [0.25, 0.3) is 0 Å². The molecule has 1 atom stereocenters. The summed E-state index contributed by atoms with van der Waals surface area (Å²) in [5.74, 6) is 1.54. The van der Waals surface area contributed by atoms with E-state index in [1.54, 1.807) is 11.8 Å². The molecule has 2 fully saturated rings. The minimum absolute atomic E-state index is 0.0994. The van der Waals surface area contributed by atoms with Crippen LogP contribution in [0.3, 0.4) is 0 Å². The number of fused-ring (bicyclic) bond motifs is 3. The molecule has 3 heterocycles. The van der Waals surface area contributed by atoms with Crippen molar-refractivity contribution in [3.05, 3.63) is 59.7 Å². The topological polar surface area (TPSA) is 84.2 Å². The molecule has 208 valence electrons. The Labute approximate surface area is 239 Å². The molecule has 0 N–H and O–H groups in total. The van der Waals surface area contributed by atoms with Crippen LogP contribution in [0.25, 0.3) is 22.1 Å². The smallest absolute Gasteiger partial charge is 0.226 e. The van der Waals surface area contributed by atoms with Crippen molar-refractivity contribution in [2.75, 3.05) is 25.4 Å². The van der Waals surface area contributed by atoms with Crippen molar-refractivity contribution in [1.29, 1.82) is 0 Å². The maximum atomic E-state index is 12.8. The molecule has 40 heavy (non-hydrogen) atoms. The van der Waals surface area contributed by atoms with E-state index in [1.807, 2.05) is 15.9 Å². The van der Waals surface area contributed by atoms with E-state index in [4.69, 9.17) is 4.98 Å². The molecule has 6 rings (SSSR count). The van der Waals surface area contributed by atoms with Crippen LogP contribution in [0.2, 0.25) is 0 Å². The predicted molar refractivity (Wildman–Crippen MR) is 158 cm³/mol. The van der Waals surface area contributed by atoms with Gasteiger partial charge in [-0.15, -0.1) is 10.2 Å². The van der Waals surface area contributed by atoms with Crippen LogP contribution in [0.5, 0.6) is 0 Å². The van der Waals surface area contributed by atoms with Gasteiger partial charge in [0, 0.05) is 55.7 Å². The maximum Gasteiger partial charge on any atom is 0.226 e. The van der Waals surface area contributed by atoms with E-state index in [2.05, 4.69) is 71.1 Å². The summed E-state index contributed by atoms with van der Waals surface area (Å²) in [4.78, 5) is 34.1. The molecule has 1 saturated heterocycles. The molecule has 2 aromatic heterocycles. The fourth-order valence-electron chi connectivity index (χ4n) is 5.62. The number of carbonyl (C=O) groups is 2. The van der Waals surface area contributed by atoms with E-state index in [0.29, 0.717) is 31.2 Å². The van der Waals surface area contributed by atoms with Crippen molar-refractivity contribution in [2.24, 2.45) is 5.92 Å². The highest BCUT2D eigenvalue weighted by Gasteiger charge is 2.37. The molecule has 9 heteroatoms. The highest BCUT2D eigenvalue weighted by molar-refractivity contribution is 7.99. The van der Waals surface area contributed by atoms with Crippen molar-refractivity contribution < 1.29 is 9.59 Å². The Hall–Kier alpha value is -3.46. The molecule has 8 nitrogen and oxygen atoms in total. The van der Waals surface area contributed by atoms with Crippen LogP contribution in [-0.4, -0.2) is 72.8 Å². The van der Waals surface area contributed by atoms with Gasteiger partial charge in [-0.25, -0.2) is 4.98 Å². The van der Waals surface area contributed by atoms with Gasteiger partial charge in [0.05, 0.1) is 5.52 Å². The zero-order valence-electron chi connectivity index (χ0n) is 23.3. The van der Waals surface area contributed by atoms with E-state index >= 15 is 0 Å². The Morgan fingerprint density at radius 3 is 2.62 bits per heavy atom. The van der Waals surface area contributed by atoms with Gasteiger partial charge in [-0.2, -0.15) is 0 Å². The summed E-state index contributed by atoms with van der Waals surface area (Å²) >= 11 is 1.60. The number of hydrogen-bond donors (Lipinski definition) is 0. The van der Waals surface area contributed by atoms with E-state index in [1.165, 1.54) is 11.1 Å². The molecule has 1 aliphatic heterocycles. The van der Waals surface area contributed by atoms with E-state index in [-0.39, 0.29) is 23.8 Å². The summed E-state index contributed by atoms with van der Waals surface area (Å²) < 4.78 is 2.23. The lowest BCUT2D eigenvalue weighted by Crippen LogP contribution is -2.55. The largest absolute Gasteiger partial charge is 0.339 e. The maximum absolute atomic E-state index is 12.8. The second-order valence-electron chi connectivity index (χ2n) is 11.2. The van der Waals surface area contributed by atoms with Gasteiger partial charge in [0.2, 0.25) is 17.0 Å². The first-order chi connectivity index (χ1) is 19.5. The molecule has 2 amide bonds. The molecule has 4 aromatic rings. The van der Waals surface area contributed by atoms with Gasteiger partial charge in [-0.1, -0.05) is 53.7 Å². The third kappa shape index (κ3) is 5.70. The molecule has 0 bridgehead atoms. The van der Waals surface area contributed by atoms with Gasteiger partial charge in [0.15, 0.2) is 5.65 Å². The Balaban J connectivity index is 1.05. The van der Waals surface area contributed by atoms with E-state index in [9.17, 15) is 9.59 Å². The first-order valence-corrected chi connectivity index (χ1v) is 15.3. The average molecular weight is 557 g/mol. The Bertz CT molecular complexity index is 1530. The quantitative estimate of drug-likeness (QED) is 0.212. The van der Waals surface area contributed by atoms with Crippen LogP contribution in [0, 0.1) is 12.8 Å². The van der Waals surface area contributed by atoms with Gasteiger partial charge in [-0.3, -0.25) is 9.59 Å². The standard InChI is InChI=1S/C31H36N6O2S/c1-21-11-14-26-25(18-21)28-29(37(26)20-23-8-4-3-5-9-23)32-31(34-33-28)40-17-7-6-10-27(38)35-15-16-36(22(2)19-35)30(39)24-12-13-24/h3-5,8-9,11,14,18,22,24H,6-7,10,12-13,15-17,19-20H2,1-2H3. The minimum Gasteiger partial charge on any atom is -0.339 e. The molecular formula is C31H36N6O2S. The van der Waals surface area contributed by atoms with E-state index < -0.39 is 0 Å². The number of hydrogen-bond acceptors (Lipinski definition) is 6. The number of aryl methyl sites for hydroxylation is 1. The molecule has 2 aliphatic rings. The van der Waals surface area contributed by atoms with Crippen molar-refractivity contribution in [3.63, 3.8) is 0 Å². The molecule has 1 unspecified atom stereocenters. The number of thioether (sulfide) groups is 1. The van der Waals surface area contributed by atoms with Crippen LogP contribution in [-0.2, 0) is 16.1 Å². The second kappa shape index (κ2) is 11.6. The third-order valence-electron chi connectivity index (χ3n) is 7.99. The normalized spacial score (nSPS) is 17.6. The van der Waals surface area contributed by atoms with Gasteiger partial charge in [-0.05, 0) is 57.2 Å². The predicted octanol–water partition coefficient (Wildman–Crippen LogP) is 5.07. The molecule has 1 aliphatic carbocycles. The number of carbonyl (C=O) groups excluding carboxylic acids is 2. The fraction of sp³-hybridized carbons (Fsp3) is 0.452. The van der Waals surface area contributed by atoms with E-state index in [0.717, 1.165) is 60.0 Å². The van der Waals surface area contributed by atoms with Crippen molar-refractivity contribution in [1.82, 2.24) is 29.5 Å². The van der Waals surface area contributed by atoms with Gasteiger partial charge in [0.1, 0.15) is 5.52 Å². The molecule has 0 radical (unpaired) electrons. The summed E-state index contributed by atoms with van der Waals surface area (Å²) in [5.41, 5.74) is 5.19. The molecule has 1 saturated carbocycles. The number of unbranched alkanes of at least 4 members (excludes halogenated alkanes) is 1. The Morgan fingerprint density at radius 2 is 1.85 bits per heavy atom. The number of benzene rings is 2. The highest BCUT2D eigenvalue weighted by atomic mass is 32.2. The van der Waals surface area contributed by atoms with Crippen LogP contribution < -0.4 is 0 Å². The fourth-order valence-corrected chi connectivity index (χ4v) is 6.40. The lowest BCUT2D eigenvalue weighted by atomic mass is 10.1. The van der Waals surface area contributed by atoms with Crippen LogP contribution in [0.15, 0.2) is 53.7 Å². The molecule has 0 spiro atoms. The zero-order chi connectivity index (χ0) is 27.6. The van der Waals surface area contributed by atoms with Crippen LogP contribution in [0.4, 0.5) is 0 Å². The number of nitrogens with zero attached hydrogens (tertiary/aromatic N) is 6. The SMILES string of the molecule is Cc1ccc2c(c1)c1nnc(SCCCCC(=O)N3CCN(C(=O)C4CC4)C(C)C3)nc1n2Cc1ccccc1. The molecule has 2 aromatic carbocycles. The second-order valence-corrected chi connectivity index (χ2v) is 12.2.